The highest BCUT2D eigenvalue weighted by Gasteiger charge is 2.37. The van der Waals surface area contributed by atoms with Crippen molar-refractivity contribution in [3.05, 3.63) is 180 Å². The fourth-order valence-corrected chi connectivity index (χ4v) is 8.91. The lowest BCUT2D eigenvalue weighted by Gasteiger charge is -2.35. The number of para-hydroxylation sites is 4. The van der Waals surface area contributed by atoms with Gasteiger partial charge in [-0.1, -0.05) is 167 Å². The molecule has 2 heterocycles. The summed E-state index contributed by atoms with van der Waals surface area (Å²) in [7, 11) is 0. The normalized spacial score (nSPS) is 14.8. The average molecular weight is 671 g/mol. The second kappa shape index (κ2) is 11.2. The topological polar surface area (TPSA) is 18.5 Å². The third kappa shape index (κ3) is 4.37. The molecule has 8 aromatic rings. The predicted molar refractivity (Wildman–Crippen MR) is 215 cm³/mol. The zero-order valence-electron chi connectivity index (χ0n) is 29.8. The van der Waals surface area contributed by atoms with E-state index in [9.17, 15) is 0 Å². The summed E-state index contributed by atoms with van der Waals surface area (Å²) >= 11 is 0. The van der Waals surface area contributed by atoms with Gasteiger partial charge in [-0.3, -0.25) is 0 Å². The Morgan fingerprint density at radius 1 is 0.346 bits per heavy atom. The van der Waals surface area contributed by atoms with Crippen LogP contribution in [0.25, 0.3) is 54.9 Å². The molecule has 0 aromatic heterocycles. The van der Waals surface area contributed by atoms with Crippen molar-refractivity contribution in [1.29, 1.82) is 0 Å². The number of fused-ring (bicyclic) bond motifs is 6. The summed E-state index contributed by atoms with van der Waals surface area (Å²) in [5, 5.41) is 4.79. The molecule has 0 saturated heterocycles. The summed E-state index contributed by atoms with van der Waals surface area (Å²) in [5.41, 5.74) is 11.3. The number of hydrogen-bond acceptors (Lipinski definition) is 2. The minimum absolute atomic E-state index is 0.210. The zero-order chi connectivity index (χ0) is 35.2. The Morgan fingerprint density at radius 2 is 0.750 bits per heavy atom. The third-order valence-electron chi connectivity index (χ3n) is 11.6. The van der Waals surface area contributed by atoms with Crippen LogP contribution in [-0.4, -0.2) is 0 Å². The van der Waals surface area contributed by atoms with E-state index in [0.717, 1.165) is 45.3 Å². The van der Waals surface area contributed by atoms with Crippen LogP contribution in [0.5, 0.6) is 23.0 Å². The molecule has 0 atom stereocenters. The maximum absolute atomic E-state index is 6.84. The summed E-state index contributed by atoms with van der Waals surface area (Å²) < 4.78 is 13.7. The van der Waals surface area contributed by atoms with Gasteiger partial charge in [-0.15, -0.1) is 0 Å². The van der Waals surface area contributed by atoms with Crippen LogP contribution >= 0.6 is 0 Å². The molecular weight excluding hydrogens is 633 g/mol. The highest BCUT2D eigenvalue weighted by molar-refractivity contribution is 6.19. The van der Waals surface area contributed by atoms with E-state index in [4.69, 9.17) is 9.47 Å². The molecule has 2 aliphatic rings. The maximum Gasteiger partial charge on any atom is 0.139 e. The minimum Gasteiger partial charge on any atom is -0.456 e. The van der Waals surface area contributed by atoms with Crippen molar-refractivity contribution >= 4 is 21.5 Å². The SMILES string of the molecule is CC1(C)c2ccccc2Oc2c(-c3cccc4c(-c5ccccc5)c5cccc(-c6cccc7c6Oc6ccccc6C7(C)C)c5cc34)cccc21. The molecule has 8 aromatic carbocycles. The first-order valence-electron chi connectivity index (χ1n) is 18.2. The lowest BCUT2D eigenvalue weighted by atomic mass is 9.74. The van der Waals surface area contributed by atoms with Gasteiger partial charge in [-0.25, -0.2) is 0 Å². The van der Waals surface area contributed by atoms with E-state index in [1.54, 1.807) is 0 Å². The zero-order valence-corrected chi connectivity index (χ0v) is 29.8. The van der Waals surface area contributed by atoms with Crippen molar-refractivity contribution in [3.63, 3.8) is 0 Å². The van der Waals surface area contributed by atoms with Gasteiger partial charge < -0.3 is 9.47 Å². The molecule has 2 heteroatoms. The molecule has 0 aliphatic carbocycles. The van der Waals surface area contributed by atoms with Crippen LogP contribution in [0.1, 0.15) is 49.9 Å². The van der Waals surface area contributed by atoms with Gasteiger partial charge in [-0.05, 0) is 62.0 Å². The molecule has 0 bridgehead atoms. The molecule has 0 saturated carbocycles. The van der Waals surface area contributed by atoms with E-state index in [1.807, 2.05) is 0 Å². The van der Waals surface area contributed by atoms with Crippen LogP contribution < -0.4 is 9.47 Å². The summed E-state index contributed by atoms with van der Waals surface area (Å²) in [5.74, 6) is 3.70. The molecule has 52 heavy (non-hydrogen) atoms. The highest BCUT2D eigenvalue weighted by Crippen LogP contribution is 2.54. The number of hydrogen-bond donors (Lipinski definition) is 0. The van der Waals surface area contributed by atoms with Crippen molar-refractivity contribution in [2.24, 2.45) is 0 Å². The van der Waals surface area contributed by atoms with Crippen LogP contribution in [0, 0.1) is 0 Å². The fraction of sp³-hybridized carbons (Fsp3) is 0.120. The Hall–Kier alpha value is -6.12. The van der Waals surface area contributed by atoms with E-state index in [-0.39, 0.29) is 10.8 Å². The first-order chi connectivity index (χ1) is 25.3. The van der Waals surface area contributed by atoms with Gasteiger partial charge in [0, 0.05) is 44.2 Å². The lowest BCUT2D eigenvalue weighted by molar-refractivity contribution is 0.419. The molecule has 0 fully saturated rings. The van der Waals surface area contributed by atoms with Gasteiger partial charge in [0.05, 0.1) is 0 Å². The Labute approximate surface area is 304 Å². The van der Waals surface area contributed by atoms with Crippen LogP contribution in [-0.2, 0) is 10.8 Å². The van der Waals surface area contributed by atoms with E-state index in [1.165, 1.54) is 54.9 Å². The quantitative estimate of drug-likeness (QED) is 0.174. The molecule has 10 rings (SSSR count). The van der Waals surface area contributed by atoms with Gasteiger partial charge >= 0.3 is 0 Å². The Kier molecular flexibility index (Phi) is 6.60. The fourth-order valence-electron chi connectivity index (χ4n) is 8.91. The summed E-state index contributed by atoms with van der Waals surface area (Å²) in [6.45, 7) is 9.20. The smallest absolute Gasteiger partial charge is 0.139 e. The van der Waals surface area contributed by atoms with Crippen LogP contribution in [0.4, 0.5) is 0 Å². The van der Waals surface area contributed by atoms with Gasteiger partial charge in [-0.2, -0.15) is 0 Å². The summed E-state index contributed by atoms with van der Waals surface area (Å²) in [4.78, 5) is 0. The van der Waals surface area contributed by atoms with Crippen molar-refractivity contribution in [2.45, 2.75) is 38.5 Å². The van der Waals surface area contributed by atoms with E-state index in [2.05, 4.69) is 185 Å². The number of rotatable bonds is 3. The highest BCUT2D eigenvalue weighted by atomic mass is 16.5. The minimum atomic E-state index is -0.210. The molecule has 0 N–H and O–H groups in total. The van der Waals surface area contributed by atoms with Crippen molar-refractivity contribution < 1.29 is 9.47 Å². The Balaban J connectivity index is 1.27. The maximum atomic E-state index is 6.84. The Bertz CT molecular complexity index is 2570. The Morgan fingerprint density at radius 3 is 1.25 bits per heavy atom. The van der Waals surface area contributed by atoms with E-state index in [0.29, 0.717) is 0 Å². The lowest BCUT2D eigenvalue weighted by Crippen LogP contribution is -2.24. The molecule has 2 aliphatic heterocycles. The standard InChI is InChI=1S/C50H38O2/c1-49(2)40-24-8-10-28-44(40)51-47-36(22-14-26-42(47)49)32-18-12-20-34-38(32)30-39-33(19-13-21-35(39)46(34)31-16-6-5-7-17-31)37-23-15-27-43-48(37)52-45-29-11-9-25-41(45)50(43,3)4/h5-30H,1-4H3. The molecule has 250 valence electrons. The van der Waals surface area contributed by atoms with E-state index >= 15 is 0 Å². The van der Waals surface area contributed by atoms with Crippen molar-refractivity contribution in [2.75, 3.05) is 0 Å². The van der Waals surface area contributed by atoms with Crippen molar-refractivity contribution in [1.82, 2.24) is 0 Å². The number of ether oxygens (including phenoxy) is 2. The first-order valence-corrected chi connectivity index (χ1v) is 18.2. The molecule has 2 nitrogen and oxygen atoms in total. The van der Waals surface area contributed by atoms with Crippen LogP contribution in [0.3, 0.4) is 0 Å². The van der Waals surface area contributed by atoms with E-state index < -0.39 is 0 Å². The second-order valence-corrected chi connectivity index (χ2v) is 15.2. The van der Waals surface area contributed by atoms with Crippen molar-refractivity contribution in [3.8, 4) is 56.4 Å². The molecular formula is C50H38O2. The monoisotopic (exact) mass is 670 g/mol. The van der Waals surface area contributed by atoms with Gasteiger partial charge in [0.1, 0.15) is 23.0 Å². The first kappa shape index (κ1) is 30.7. The van der Waals surface area contributed by atoms with Crippen LogP contribution in [0.2, 0.25) is 0 Å². The summed E-state index contributed by atoms with van der Waals surface area (Å²) in [6.07, 6.45) is 0. The van der Waals surface area contributed by atoms with Gasteiger partial charge in [0.25, 0.3) is 0 Å². The molecule has 0 amide bonds. The molecule has 0 unspecified atom stereocenters. The second-order valence-electron chi connectivity index (χ2n) is 15.2. The van der Waals surface area contributed by atoms with Crippen LogP contribution in [0.15, 0.2) is 158 Å². The third-order valence-corrected chi connectivity index (χ3v) is 11.6. The average Bonchev–Trinajstić information content (AvgIpc) is 3.17. The predicted octanol–water partition coefficient (Wildman–Crippen LogP) is 13.9. The summed E-state index contributed by atoms with van der Waals surface area (Å²) in [6, 6.07) is 56.8. The molecule has 0 radical (unpaired) electrons. The molecule has 0 spiro atoms. The largest absolute Gasteiger partial charge is 0.456 e. The van der Waals surface area contributed by atoms with Gasteiger partial charge in [0.2, 0.25) is 0 Å². The number of benzene rings is 8. The van der Waals surface area contributed by atoms with Gasteiger partial charge in [0.15, 0.2) is 0 Å².